The lowest BCUT2D eigenvalue weighted by Crippen LogP contribution is -2.18. The number of hydrazine groups is 1. The molecule has 2 heterocycles. The number of hydrogen-bond donors (Lipinski definition) is 5. The van der Waals surface area contributed by atoms with Crippen LogP contribution in [0.3, 0.4) is 0 Å². The van der Waals surface area contributed by atoms with Gasteiger partial charge in [-0.25, -0.2) is 5.84 Å². The molecule has 1 unspecified atom stereocenters. The second-order valence-electron chi connectivity index (χ2n) is 4.72. The minimum atomic E-state index is 0.201. The second kappa shape index (κ2) is 7.01. The lowest BCUT2D eigenvalue weighted by atomic mass is 10.0. The maximum Gasteiger partial charge on any atom is 0.241 e. The minimum absolute atomic E-state index is 0.201. The molecule has 0 aromatic carbocycles. The molecule has 110 valence electrons. The van der Waals surface area contributed by atoms with E-state index in [9.17, 15) is 0 Å². The highest BCUT2D eigenvalue weighted by Crippen LogP contribution is 2.21. The average molecular weight is 279 g/mol. The van der Waals surface area contributed by atoms with Gasteiger partial charge in [-0.2, -0.15) is 15.1 Å². The molecule has 0 aliphatic carbocycles. The smallest absolute Gasteiger partial charge is 0.241 e. The zero-order valence-electron chi connectivity index (χ0n) is 11.6. The van der Waals surface area contributed by atoms with Crippen molar-refractivity contribution in [3.8, 4) is 0 Å². The molecule has 0 saturated heterocycles. The largest absolute Gasteiger partial charge is 0.396 e. The number of aliphatic hydroxyl groups excluding tert-OH is 1. The maximum atomic E-state index is 9.09. The van der Waals surface area contributed by atoms with Gasteiger partial charge in [-0.15, -0.1) is 0 Å². The molecule has 20 heavy (non-hydrogen) atoms. The van der Waals surface area contributed by atoms with Crippen LogP contribution in [0.1, 0.15) is 26.2 Å². The van der Waals surface area contributed by atoms with Crippen molar-refractivity contribution in [2.24, 2.45) is 11.8 Å². The fourth-order valence-electron chi connectivity index (χ4n) is 2.21. The Hall–Kier alpha value is -1.93. The number of nitrogen functional groups attached to an aromatic ring is 1. The van der Waals surface area contributed by atoms with Gasteiger partial charge in [-0.05, 0) is 18.8 Å². The van der Waals surface area contributed by atoms with Gasteiger partial charge in [0, 0.05) is 13.2 Å². The third kappa shape index (κ3) is 3.34. The van der Waals surface area contributed by atoms with Crippen molar-refractivity contribution in [2.75, 3.05) is 23.9 Å². The predicted octanol–water partition coefficient (Wildman–Crippen LogP) is 0.849. The van der Waals surface area contributed by atoms with Crippen LogP contribution in [0.2, 0.25) is 0 Å². The van der Waals surface area contributed by atoms with Crippen LogP contribution in [-0.2, 0) is 0 Å². The van der Waals surface area contributed by atoms with Crippen LogP contribution in [0.5, 0.6) is 0 Å². The van der Waals surface area contributed by atoms with Gasteiger partial charge in [-0.1, -0.05) is 13.3 Å². The van der Waals surface area contributed by atoms with Crippen molar-refractivity contribution in [1.29, 1.82) is 0 Å². The third-order valence-electron chi connectivity index (χ3n) is 3.23. The molecule has 8 nitrogen and oxygen atoms in total. The van der Waals surface area contributed by atoms with E-state index in [1.165, 1.54) is 0 Å². The molecule has 0 spiro atoms. The van der Waals surface area contributed by atoms with Gasteiger partial charge in [0.2, 0.25) is 5.95 Å². The molecule has 2 aromatic heterocycles. The maximum absolute atomic E-state index is 9.09. The quantitative estimate of drug-likeness (QED) is 0.358. The number of anilines is 2. The molecule has 2 rings (SSSR count). The van der Waals surface area contributed by atoms with Crippen molar-refractivity contribution in [3.05, 3.63) is 6.20 Å². The molecule has 0 aliphatic rings. The number of nitrogens with two attached hydrogens (primary N) is 1. The SMILES string of the molecule is CCCC(CCO)CNc1nc(NN)nc2[nH]ncc12. The summed E-state index contributed by atoms with van der Waals surface area (Å²) in [6.07, 6.45) is 4.61. The molecule has 0 saturated carbocycles. The van der Waals surface area contributed by atoms with E-state index in [1.54, 1.807) is 6.20 Å². The molecule has 1 atom stereocenters. The fourth-order valence-corrected chi connectivity index (χ4v) is 2.21. The summed E-state index contributed by atoms with van der Waals surface area (Å²) >= 11 is 0. The Kier molecular flexibility index (Phi) is 5.08. The van der Waals surface area contributed by atoms with Crippen LogP contribution in [0.25, 0.3) is 11.0 Å². The van der Waals surface area contributed by atoms with Crippen LogP contribution in [0.15, 0.2) is 6.20 Å². The van der Waals surface area contributed by atoms with Crippen molar-refractivity contribution in [3.63, 3.8) is 0 Å². The van der Waals surface area contributed by atoms with E-state index in [0.29, 0.717) is 23.3 Å². The van der Waals surface area contributed by atoms with Gasteiger partial charge in [0.1, 0.15) is 5.82 Å². The first-order chi connectivity index (χ1) is 9.78. The summed E-state index contributed by atoms with van der Waals surface area (Å²) < 4.78 is 0. The van der Waals surface area contributed by atoms with Crippen LogP contribution in [0.4, 0.5) is 11.8 Å². The number of aliphatic hydroxyl groups is 1. The van der Waals surface area contributed by atoms with Crippen LogP contribution >= 0.6 is 0 Å². The topological polar surface area (TPSA) is 125 Å². The first-order valence-electron chi connectivity index (χ1n) is 6.81. The van der Waals surface area contributed by atoms with Gasteiger partial charge in [0.15, 0.2) is 5.65 Å². The lowest BCUT2D eigenvalue weighted by Gasteiger charge is -2.16. The van der Waals surface area contributed by atoms with E-state index in [-0.39, 0.29) is 6.61 Å². The second-order valence-corrected chi connectivity index (χ2v) is 4.72. The van der Waals surface area contributed by atoms with Crippen molar-refractivity contribution >= 4 is 22.8 Å². The highest BCUT2D eigenvalue weighted by atomic mass is 16.3. The van der Waals surface area contributed by atoms with Crippen molar-refractivity contribution in [2.45, 2.75) is 26.2 Å². The van der Waals surface area contributed by atoms with Gasteiger partial charge in [0.05, 0.1) is 11.6 Å². The summed E-state index contributed by atoms with van der Waals surface area (Å²) in [5, 5.41) is 20.0. The van der Waals surface area contributed by atoms with Gasteiger partial charge in [0.25, 0.3) is 0 Å². The number of nitrogens with one attached hydrogen (secondary N) is 3. The zero-order chi connectivity index (χ0) is 14.4. The summed E-state index contributed by atoms with van der Waals surface area (Å²) in [5.41, 5.74) is 3.07. The van der Waals surface area contributed by atoms with Crippen molar-refractivity contribution < 1.29 is 5.11 Å². The monoisotopic (exact) mass is 279 g/mol. The molecule has 0 aliphatic heterocycles. The number of aromatic nitrogens is 4. The average Bonchev–Trinajstić information content (AvgIpc) is 2.93. The molecule has 6 N–H and O–H groups in total. The Morgan fingerprint density at radius 3 is 2.95 bits per heavy atom. The molecular formula is C12H21N7O. The highest BCUT2D eigenvalue weighted by molar-refractivity contribution is 5.86. The Morgan fingerprint density at radius 2 is 2.25 bits per heavy atom. The summed E-state index contributed by atoms with van der Waals surface area (Å²) in [6.45, 7) is 3.09. The molecule has 0 radical (unpaired) electrons. The standard InChI is InChI=1S/C12H21N7O/c1-2-3-8(4-5-20)6-14-10-9-7-15-19-11(9)17-12(16-10)18-13/h7-8,20H,2-6,13H2,1H3,(H3,14,15,16,17,18,19). The molecule has 0 fully saturated rings. The van der Waals surface area contributed by atoms with E-state index in [1.807, 2.05) is 0 Å². The number of hydrogen-bond acceptors (Lipinski definition) is 7. The summed E-state index contributed by atoms with van der Waals surface area (Å²) in [4.78, 5) is 8.47. The first kappa shape index (κ1) is 14.5. The van der Waals surface area contributed by atoms with Crippen LogP contribution in [0, 0.1) is 5.92 Å². The molecule has 8 heteroatoms. The highest BCUT2D eigenvalue weighted by Gasteiger charge is 2.12. The third-order valence-corrected chi connectivity index (χ3v) is 3.23. The van der Waals surface area contributed by atoms with E-state index < -0.39 is 0 Å². The summed E-state index contributed by atoms with van der Waals surface area (Å²) in [5.74, 6) is 6.80. The summed E-state index contributed by atoms with van der Waals surface area (Å²) in [7, 11) is 0. The zero-order valence-corrected chi connectivity index (χ0v) is 11.6. The number of nitrogens with zero attached hydrogens (tertiary/aromatic N) is 3. The number of fused-ring (bicyclic) bond motifs is 1. The summed E-state index contributed by atoms with van der Waals surface area (Å²) in [6, 6.07) is 0. The number of aromatic amines is 1. The lowest BCUT2D eigenvalue weighted by molar-refractivity contribution is 0.255. The molecular weight excluding hydrogens is 258 g/mol. The Labute approximate surface area is 117 Å². The Morgan fingerprint density at radius 1 is 1.40 bits per heavy atom. The Bertz CT molecular complexity index is 536. The van der Waals surface area contributed by atoms with Gasteiger partial charge < -0.3 is 10.4 Å². The van der Waals surface area contributed by atoms with E-state index in [2.05, 4.69) is 37.8 Å². The minimum Gasteiger partial charge on any atom is -0.396 e. The predicted molar refractivity (Wildman–Crippen MR) is 78.1 cm³/mol. The van der Waals surface area contributed by atoms with Crippen LogP contribution < -0.4 is 16.6 Å². The normalized spacial score (nSPS) is 12.6. The van der Waals surface area contributed by atoms with Crippen molar-refractivity contribution in [1.82, 2.24) is 20.2 Å². The van der Waals surface area contributed by atoms with E-state index in [0.717, 1.165) is 31.2 Å². The van der Waals surface area contributed by atoms with Gasteiger partial charge in [-0.3, -0.25) is 10.5 Å². The van der Waals surface area contributed by atoms with Gasteiger partial charge >= 0.3 is 0 Å². The Balaban J connectivity index is 2.13. The number of rotatable bonds is 8. The van der Waals surface area contributed by atoms with E-state index >= 15 is 0 Å². The fraction of sp³-hybridized carbons (Fsp3) is 0.583. The number of H-pyrrole nitrogens is 1. The molecule has 0 amide bonds. The van der Waals surface area contributed by atoms with E-state index in [4.69, 9.17) is 10.9 Å². The molecule has 0 bridgehead atoms. The van der Waals surface area contributed by atoms with Crippen LogP contribution in [-0.4, -0.2) is 38.4 Å². The first-order valence-corrected chi connectivity index (χ1v) is 6.81. The molecule has 2 aromatic rings.